The first kappa shape index (κ1) is 15.9. The summed E-state index contributed by atoms with van der Waals surface area (Å²) in [7, 11) is -4.27. The van der Waals surface area contributed by atoms with Gasteiger partial charge in [0.1, 0.15) is 5.82 Å². The van der Waals surface area contributed by atoms with Crippen LogP contribution < -0.4 is 11.4 Å². The van der Waals surface area contributed by atoms with Crippen molar-refractivity contribution < 1.29 is 23.8 Å². The molecule has 0 bridgehead atoms. The molecular weight excluding hydrogens is 301 g/mol. The Morgan fingerprint density at radius 3 is 2.86 bits per heavy atom. The highest BCUT2D eigenvalue weighted by Crippen LogP contribution is 2.35. The fourth-order valence-electron chi connectivity index (χ4n) is 1.81. The zero-order chi connectivity index (χ0) is 15.6. The van der Waals surface area contributed by atoms with Crippen molar-refractivity contribution in [3.8, 4) is 0 Å². The van der Waals surface area contributed by atoms with E-state index in [0.29, 0.717) is 12.0 Å². The van der Waals surface area contributed by atoms with E-state index in [2.05, 4.69) is 4.98 Å². The van der Waals surface area contributed by atoms with Gasteiger partial charge in [0.05, 0.1) is 0 Å². The molecule has 1 aromatic rings. The normalized spacial score (nSPS) is 21.9. The van der Waals surface area contributed by atoms with Crippen LogP contribution in [-0.4, -0.2) is 32.0 Å². The molecule has 1 aliphatic rings. The van der Waals surface area contributed by atoms with Gasteiger partial charge < -0.3 is 25.0 Å². The molecule has 0 radical (unpaired) electrons. The van der Waals surface area contributed by atoms with E-state index in [-0.39, 0.29) is 5.82 Å². The van der Waals surface area contributed by atoms with Crippen molar-refractivity contribution in [2.75, 3.05) is 12.1 Å². The van der Waals surface area contributed by atoms with Crippen LogP contribution in [0.15, 0.2) is 23.1 Å². The molecule has 21 heavy (non-hydrogen) atoms. The SMILES string of the molecule is CCc1cn(C2C=CC(OCP(=O)(O)O)O2)c(=O)nc1N. The standard InChI is InChI=1S/C11H16N3O6P/c1-2-7-5-14(11(15)13-10(7)12)8-3-4-9(20-8)19-6-21(16,17)18/h3-5,8-9H,2,6H2,1H3,(H2,12,13,15)(H2,16,17,18). The van der Waals surface area contributed by atoms with Crippen molar-refractivity contribution in [2.45, 2.75) is 25.9 Å². The number of nitrogens with two attached hydrogens (primary N) is 1. The van der Waals surface area contributed by atoms with Gasteiger partial charge in [-0.15, -0.1) is 0 Å². The van der Waals surface area contributed by atoms with Crippen LogP contribution in [0.1, 0.15) is 18.7 Å². The van der Waals surface area contributed by atoms with Crippen LogP contribution in [0.5, 0.6) is 0 Å². The van der Waals surface area contributed by atoms with E-state index in [9.17, 15) is 9.36 Å². The fourth-order valence-corrected chi connectivity index (χ4v) is 2.16. The van der Waals surface area contributed by atoms with Gasteiger partial charge in [0.15, 0.2) is 18.9 Å². The van der Waals surface area contributed by atoms with Gasteiger partial charge in [-0.1, -0.05) is 6.92 Å². The molecule has 0 fully saturated rings. The number of nitrogens with zero attached hydrogens (tertiary/aromatic N) is 2. The first-order valence-electron chi connectivity index (χ1n) is 6.17. The maximum Gasteiger partial charge on any atom is 0.351 e. The smallest absolute Gasteiger partial charge is 0.351 e. The fraction of sp³-hybridized carbons (Fsp3) is 0.455. The molecule has 0 aromatic carbocycles. The molecule has 0 spiro atoms. The van der Waals surface area contributed by atoms with Crippen molar-refractivity contribution >= 4 is 13.4 Å². The largest absolute Gasteiger partial charge is 0.383 e. The number of rotatable bonds is 5. The summed E-state index contributed by atoms with van der Waals surface area (Å²) in [6.07, 6.45) is 2.72. The Bertz CT molecular complexity index is 652. The summed E-state index contributed by atoms with van der Waals surface area (Å²) < 4.78 is 22.2. The van der Waals surface area contributed by atoms with Crippen LogP contribution in [0.3, 0.4) is 0 Å². The third kappa shape index (κ3) is 3.99. The Morgan fingerprint density at radius 2 is 2.24 bits per heavy atom. The number of nitrogen functional groups attached to an aromatic ring is 1. The summed E-state index contributed by atoms with van der Waals surface area (Å²) in [5.74, 6) is 0.176. The molecule has 0 saturated carbocycles. The summed E-state index contributed by atoms with van der Waals surface area (Å²) in [6, 6.07) is 0. The van der Waals surface area contributed by atoms with Gasteiger partial charge in [-0.3, -0.25) is 9.13 Å². The number of aryl methyl sites for hydroxylation is 1. The molecule has 4 N–H and O–H groups in total. The van der Waals surface area contributed by atoms with E-state index >= 15 is 0 Å². The summed E-state index contributed by atoms with van der Waals surface area (Å²) in [5, 5.41) is 0. The Labute approximate surface area is 120 Å². The van der Waals surface area contributed by atoms with Crippen LogP contribution in [-0.2, 0) is 20.5 Å². The summed E-state index contributed by atoms with van der Waals surface area (Å²) in [5.41, 5.74) is 5.75. The maximum absolute atomic E-state index is 11.8. The minimum Gasteiger partial charge on any atom is -0.383 e. The lowest BCUT2D eigenvalue weighted by Gasteiger charge is -2.17. The van der Waals surface area contributed by atoms with Crippen LogP contribution >= 0.6 is 7.60 Å². The summed E-state index contributed by atoms with van der Waals surface area (Å²) in [4.78, 5) is 33.0. The van der Waals surface area contributed by atoms with E-state index in [4.69, 9.17) is 25.0 Å². The predicted octanol–water partition coefficient (Wildman–Crippen LogP) is -0.0492. The number of hydrogen-bond acceptors (Lipinski definition) is 6. The first-order valence-corrected chi connectivity index (χ1v) is 7.97. The highest BCUT2D eigenvalue weighted by Gasteiger charge is 2.25. The van der Waals surface area contributed by atoms with Crippen molar-refractivity contribution in [1.29, 1.82) is 0 Å². The summed E-state index contributed by atoms with van der Waals surface area (Å²) >= 11 is 0. The molecule has 0 amide bonds. The average Bonchev–Trinajstić information content (AvgIpc) is 2.84. The van der Waals surface area contributed by atoms with Crippen molar-refractivity contribution in [3.63, 3.8) is 0 Å². The molecule has 2 unspecified atom stereocenters. The van der Waals surface area contributed by atoms with Gasteiger partial charge in [-0.2, -0.15) is 4.98 Å². The highest BCUT2D eigenvalue weighted by atomic mass is 31.2. The van der Waals surface area contributed by atoms with Gasteiger partial charge >= 0.3 is 13.3 Å². The highest BCUT2D eigenvalue weighted by molar-refractivity contribution is 7.51. The predicted molar refractivity (Wildman–Crippen MR) is 73.3 cm³/mol. The monoisotopic (exact) mass is 317 g/mol. The van der Waals surface area contributed by atoms with Gasteiger partial charge in [0.2, 0.25) is 0 Å². The van der Waals surface area contributed by atoms with Crippen LogP contribution in [0.25, 0.3) is 0 Å². The average molecular weight is 317 g/mol. The molecule has 2 heterocycles. The Hall–Kier alpha value is -1.51. The van der Waals surface area contributed by atoms with Crippen LogP contribution in [0.2, 0.25) is 0 Å². The number of hydrogen-bond donors (Lipinski definition) is 3. The van der Waals surface area contributed by atoms with Crippen LogP contribution in [0, 0.1) is 0 Å². The van der Waals surface area contributed by atoms with Crippen LogP contribution in [0.4, 0.5) is 5.82 Å². The second kappa shape index (κ2) is 6.08. The van der Waals surface area contributed by atoms with Gasteiger partial charge in [-0.05, 0) is 18.6 Å². The zero-order valence-electron chi connectivity index (χ0n) is 11.2. The molecule has 1 aromatic heterocycles. The lowest BCUT2D eigenvalue weighted by molar-refractivity contribution is -0.127. The second-order valence-corrected chi connectivity index (χ2v) is 6.02. The van der Waals surface area contributed by atoms with E-state index in [0.717, 1.165) is 0 Å². The molecule has 1 aliphatic heterocycles. The zero-order valence-corrected chi connectivity index (χ0v) is 12.1. The van der Waals surface area contributed by atoms with Crippen molar-refractivity contribution in [3.05, 3.63) is 34.4 Å². The minimum atomic E-state index is -4.27. The quantitative estimate of drug-likeness (QED) is 0.508. The topological polar surface area (TPSA) is 137 Å². The Balaban J connectivity index is 2.10. The Kier molecular flexibility index (Phi) is 4.60. The number of anilines is 1. The molecule has 116 valence electrons. The molecule has 0 aliphatic carbocycles. The molecule has 9 nitrogen and oxygen atoms in total. The maximum atomic E-state index is 11.8. The van der Waals surface area contributed by atoms with Gasteiger partial charge in [-0.25, -0.2) is 4.79 Å². The van der Waals surface area contributed by atoms with Gasteiger partial charge in [0.25, 0.3) is 0 Å². The molecule has 0 saturated heterocycles. The minimum absolute atomic E-state index is 0.176. The lowest BCUT2D eigenvalue weighted by atomic mass is 10.2. The molecule has 10 heteroatoms. The van der Waals surface area contributed by atoms with Gasteiger partial charge in [0, 0.05) is 11.8 Å². The third-order valence-electron chi connectivity index (χ3n) is 2.83. The second-order valence-electron chi connectivity index (χ2n) is 4.44. The van der Waals surface area contributed by atoms with E-state index in [1.54, 1.807) is 12.3 Å². The first-order chi connectivity index (χ1) is 9.80. The van der Waals surface area contributed by atoms with Crippen molar-refractivity contribution in [1.82, 2.24) is 9.55 Å². The molecule has 2 rings (SSSR count). The third-order valence-corrected chi connectivity index (χ3v) is 3.31. The molecular formula is C11H16N3O6P. The lowest BCUT2D eigenvalue weighted by Crippen LogP contribution is -2.29. The van der Waals surface area contributed by atoms with E-state index in [1.807, 2.05) is 6.92 Å². The summed E-state index contributed by atoms with van der Waals surface area (Å²) in [6.45, 7) is 1.87. The molecule has 2 atom stereocenters. The van der Waals surface area contributed by atoms with E-state index < -0.39 is 32.2 Å². The van der Waals surface area contributed by atoms with Crippen molar-refractivity contribution in [2.24, 2.45) is 0 Å². The number of ether oxygens (including phenoxy) is 2. The van der Waals surface area contributed by atoms with E-state index in [1.165, 1.54) is 10.6 Å². The number of aromatic nitrogens is 2. The Morgan fingerprint density at radius 1 is 1.52 bits per heavy atom.